The van der Waals surface area contributed by atoms with Gasteiger partial charge in [-0.1, -0.05) is 19.8 Å². The summed E-state index contributed by atoms with van der Waals surface area (Å²) in [5, 5.41) is 0. The molecule has 1 aliphatic heterocycles. The summed E-state index contributed by atoms with van der Waals surface area (Å²) in [7, 11) is 0. The van der Waals surface area contributed by atoms with Crippen molar-refractivity contribution >= 4 is 6.02 Å². The maximum absolute atomic E-state index is 5.32. The molecule has 0 aromatic heterocycles. The molecule has 0 radical (unpaired) electrons. The van der Waals surface area contributed by atoms with E-state index in [1.54, 1.807) is 0 Å². The van der Waals surface area contributed by atoms with Crippen molar-refractivity contribution in [2.45, 2.75) is 32.2 Å². The van der Waals surface area contributed by atoms with Crippen LogP contribution in [0.1, 0.15) is 26.2 Å². The molecule has 0 aromatic rings. The molecule has 1 heterocycles. The first-order valence-electron chi connectivity index (χ1n) is 3.79. The Morgan fingerprint density at radius 2 is 2.60 bits per heavy atom. The molecule has 0 spiro atoms. The molecule has 3 heteroatoms. The van der Waals surface area contributed by atoms with Gasteiger partial charge in [-0.25, -0.2) is 4.99 Å². The molecule has 1 aliphatic rings. The number of nitrogens with two attached hydrogens (primary N) is 1. The number of aliphatic imine (C=N–C) groups is 1. The van der Waals surface area contributed by atoms with Crippen molar-refractivity contribution < 1.29 is 4.74 Å². The molecular weight excluding hydrogens is 128 g/mol. The maximum Gasteiger partial charge on any atom is 0.282 e. The predicted molar refractivity (Wildman–Crippen MR) is 40.9 cm³/mol. The molecule has 0 aromatic carbocycles. The van der Waals surface area contributed by atoms with E-state index in [2.05, 4.69) is 11.9 Å². The van der Waals surface area contributed by atoms with Crippen LogP contribution in [0.2, 0.25) is 0 Å². The first kappa shape index (κ1) is 7.38. The number of ether oxygens (including phenoxy) is 1. The zero-order valence-corrected chi connectivity index (χ0v) is 6.34. The van der Waals surface area contributed by atoms with Crippen LogP contribution in [0, 0.1) is 0 Å². The Kier molecular flexibility index (Phi) is 2.54. The van der Waals surface area contributed by atoms with Crippen LogP contribution in [0.5, 0.6) is 0 Å². The normalized spacial score (nSPS) is 24.1. The number of hydrogen-bond donors (Lipinski definition) is 1. The lowest BCUT2D eigenvalue weighted by molar-refractivity contribution is 0.306. The van der Waals surface area contributed by atoms with Gasteiger partial charge in [0.05, 0.1) is 6.04 Å². The molecule has 10 heavy (non-hydrogen) atoms. The summed E-state index contributed by atoms with van der Waals surface area (Å²) in [5.74, 6) is 0. The summed E-state index contributed by atoms with van der Waals surface area (Å²) >= 11 is 0. The van der Waals surface area contributed by atoms with Crippen molar-refractivity contribution in [1.29, 1.82) is 0 Å². The highest BCUT2D eigenvalue weighted by Gasteiger charge is 2.14. The number of nitrogens with zero attached hydrogens (tertiary/aromatic N) is 1. The zero-order valence-electron chi connectivity index (χ0n) is 6.34. The fourth-order valence-corrected chi connectivity index (χ4v) is 1.02. The van der Waals surface area contributed by atoms with E-state index in [1.807, 2.05) is 0 Å². The summed E-state index contributed by atoms with van der Waals surface area (Å²) in [5.41, 5.74) is 5.32. The first-order valence-corrected chi connectivity index (χ1v) is 3.79. The van der Waals surface area contributed by atoms with E-state index in [-0.39, 0.29) is 0 Å². The fourth-order valence-electron chi connectivity index (χ4n) is 1.02. The molecule has 2 N–H and O–H groups in total. The van der Waals surface area contributed by atoms with E-state index in [9.17, 15) is 0 Å². The fraction of sp³-hybridized carbons (Fsp3) is 0.857. The highest BCUT2D eigenvalue weighted by atomic mass is 16.5. The SMILES string of the molecule is CCCCC1COC(N)=N1. The first-order chi connectivity index (χ1) is 4.83. The second-order valence-electron chi connectivity index (χ2n) is 2.57. The van der Waals surface area contributed by atoms with Crippen molar-refractivity contribution in [2.24, 2.45) is 10.7 Å². The van der Waals surface area contributed by atoms with Gasteiger partial charge in [-0.15, -0.1) is 0 Å². The third-order valence-corrected chi connectivity index (χ3v) is 1.62. The Morgan fingerprint density at radius 3 is 3.10 bits per heavy atom. The van der Waals surface area contributed by atoms with Gasteiger partial charge in [-0.05, 0) is 6.42 Å². The molecule has 1 rings (SSSR count). The van der Waals surface area contributed by atoms with Gasteiger partial charge >= 0.3 is 0 Å². The molecule has 0 fully saturated rings. The van der Waals surface area contributed by atoms with Gasteiger partial charge in [0.25, 0.3) is 6.02 Å². The number of unbranched alkanes of at least 4 members (excludes halogenated alkanes) is 1. The zero-order chi connectivity index (χ0) is 7.40. The van der Waals surface area contributed by atoms with E-state index in [4.69, 9.17) is 10.5 Å². The van der Waals surface area contributed by atoms with Crippen LogP contribution >= 0.6 is 0 Å². The molecule has 3 nitrogen and oxygen atoms in total. The van der Waals surface area contributed by atoms with Gasteiger partial charge in [0.15, 0.2) is 0 Å². The second kappa shape index (κ2) is 3.44. The van der Waals surface area contributed by atoms with E-state index >= 15 is 0 Å². The van der Waals surface area contributed by atoms with Gasteiger partial charge in [0, 0.05) is 0 Å². The lowest BCUT2D eigenvalue weighted by Crippen LogP contribution is -2.10. The number of amidine groups is 1. The summed E-state index contributed by atoms with van der Waals surface area (Å²) in [6.07, 6.45) is 3.54. The number of rotatable bonds is 3. The molecule has 1 atom stereocenters. The van der Waals surface area contributed by atoms with Crippen LogP contribution in [0.25, 0.3) is 0 Å². The molecule has 0 amide bonds. The number of hydrogen-bond acceptors (Lipinski definition) is 3. The summed E-state index contributed by atoms with van der Waals surface area (Å²) < 4.78 is 4.99. The monoisotopic (exact) mass is 142 g/mol. The maximum atomic E-state index is 5.32. The van der Waals surface area contributed by atoms with Crippen LogP contribution < -0.4 is 5.73 Å². The van der Waals surface area contributed by atoms with Gasteiger partial charge in [0.2, 0.25) is 0 Å². The smallest absolute Gasteiger partial charge is 0.282 e. The highest BCUT2D eigenvalue weighted by molar-refractivity contribution is 5.72. The summed E-state index contributed by atoms with van der Waals surface area (Å²) in [6, 6.07) is 0.695. The van der Waals surface area contributed by atoms with Gasteiger partial charge < -0.3 is 10.5 Å². The van der Waals surface area contributed by atoms with Gasteiger partial charge in [0.1, 0.15) is 6.61 Å². The van der Waals surface area contributed by atoms with Gasteiger partial charge in [-0.3, -0.25) is 0 Å². The largest absolute Gasteiger partial charge is 0.463 e. The lowest BCUT2D eigenvalue weighted by Gasteiger charge is -2.00. The van der Waals surface area contributed by atoms with Crippen molar-refractivity contribution in [3.05, 3.63) is 0 Å². The Labute approximate surface area is 61.3 Å². The van der Waals surface area contributed by atoms with Crippen LogP contribution in [0.15, 0.2) is 4.99 Å². The Bertz CT molecular complexity index is 134. The van der Waals surface area contributed by atoms with Crippen LogP contribution in [0.4, 0.5) is 0 Å². The van der Waals surface area contributed by atoms with Gasteiger partial charge in [-0.2, -0.15) is 0 Å². The Hall–Kier alpha value is -0.730. The van der Waals surface area contributed by atoms with Crippen LogP contribution in [-0.2, 0) is 4.74 Å². The minimum absolute atomic E-state index is 0.333. The topological polar surface area (TPSA) is 47.6 Å². The Morgan fingerprint density at radius 1 is 1.80 bits per heavy atom. The van der Waals surface area contributed by atoms with E-state index in [1.165, 1.54) is 12.8 Å². The van der Waals surface area contributed by atoms with E-state index in [0.29, 0.717) is 18.7 Å². The molecule has 0 bridgehead atoms. The average molecular weight is 142 g/mol. The highest BCUT2D eigenvalue weighted by Crippen LogP contribution is 2.09. The summed E-state index contributed by atoms with van der Waals surface area (Å²) in [4.78, 5) is 4.10. The average Bonchev–Trinajstić information content (AvgIpc) is 2.31. The quantitative estimate of drug-likeness (QED) is 0.636. The molecular formula is C7H14N2O. The summed E-state index contributed by atoms with van der Waals surface area (Å²) in [6.45, 7) is 2.86. The third-order valence-electron chi connectivity index (χ3n) is 1.62. The van der Waals surface area contributed by atoms with Crippen LogP contribution in [-0.4, -0.2) is 18.7 Å². The minimum Gasteiger partial charge on any atom is -0.463 e. The van der Waals surface area contributed by atoms with E-state index in [0.717, 1.165) is 6.42 Å². The molecule has 1 unspecified atom stereocenters. The third kappa shape index (κ3) is 1.90. The lowest BCUT2D eigenvalue weighted by atomic mass is 10.1. The van der Waals surface area contributed by atoms with Crippen molar-refractivity contribution in [3.63, 3.8) is 0 Å². The van der Waals surface area contributed by atoms with Crippen molar-refractivity contribution in [2.75, 3.05) is 6.61 Å². The Balaban J connectivity index is 2.18. The molecule has 0 aliphatic carbocycles. The second-order valence-corrected chi connectivity index (χ2v) is 2.57. The van der Waals surface area contributed by atoms with E-state index < -0.39 is 0 Å². The predicted octanol–water partition coefficient (Wildman–Crippen LogP) is 0.890. The standard InChI is InChI=1S/C7H14N2O/c1-2-3-4-6-5-10-7(8)9-6/h6H,2-5H2,1H3,(H2,8,9). The molecule has 58 valence electrons. The minimum atomic E-state index is 0.333. The molecule has 0 saturated carbocycles. The van der Waals surface area contributed by atoms with Crippen molar-refractivity contribution in [1.82, 2.24) is 0 Å². The van der Waals surface area contributed by atoms with Crippen LogP contribution in [0.3, 0.4) is 0 Å². The van der Waals surface area contributed by atoms with Crippen molar-refractivity contribution in [3.8, 4) is 0 Å². The molecule has 0 saturated heterocycles.